The number of benzene rings is 2. The number of piperidine rings is 2. The first kappa shape index (κ1) is 24.7. The Morgan fingerprint density at radius 1 is 0.882 bits per heavy atom. The van der Waals surface area contributed by atoms with Gasteiger partial charge in [0.1, 0.15) is 10.7 Å². The van der Waals surface area contributed by atoms with E-state index in [9.17, 15) is 26.4 Å². The van der Waals surface area contributed by atoms with Crippen molar-refractivity contribution in [2.24, 2.45) is 5.92 Å². The zero-order chi connectivity index (χ0) is 24.3. The minimum Gasteiger partial charge on any atom is -0.353 e. The summed E-state index contributed by atoms with van der Waals surface area (Å²) in [4.78, 5) is 14.6. The summed E-state index contributed by atoms with van der Waals surface area (Å²) < 4.78 is 67.2. The molecule has 2 fully saturated rings. The second-order valence-corrected chi connectivity index (χ2v) is 10.8. The second-order valence-electron chi connectivity index (χ2n) is 8.92. The molecule has 1 amide bonds. The highest BCUT2D eigenvalue weighted by Crippen LogP contribution is 2.26. The van der Waals surface area contributed by atoms with Gasteiger partial charge in [-0.1, -0.05) is 18.2 Å². The van der Waals surface area contributed by atoms with E-state index in [0.29, 0.717) is 24.9 Å². The van der Waals surface area contributed by atoms with Crippen molar-refractivity contribution in [1.82, 2.24) is 14.5 Å². The molecule has 2 aromatic carbocycles. The van der Waals surface area contributed by atoms with E-state index in [-0.39, 0.29) is 35.9 Å². The Bertz CT molecular complexity index is 1130. The summed E-state index contributed by atoms with van der Waals surface area (Å²) >= 11 is 0. The van der Waals surface area contributed by atoms with Gasteiger partial charge in [0.05, 0.1) is 0 Å². The molecule has 184 valence electrons. The standard InChI is InChI=1S/C24H28F3N3O3S/c25-20-6-5-17(15-22(20)27)16-29-11-9-19(10-12-29)28-24(31)18-7-13-30(14-8-18)34(32,33)23-4-2-1-3-21(23)26/h1-6,15,18-19H,7-14,16H2,(H,28,31). The van der Waals surface area contributed by atoms with E-state index in [4.69, 9.17) is 0 Å². The van der Waals surface area contributed by atoms with Crippen molar-refractivity contribution in [3.63, 3.8) is 0 Å². The smallest absolute Gasteiger partial charge is 0.245 e. The lowest BCUT2D eigenvalue weighted by molar-refractivity contribution is -0.127. The number of nitrogens with zero attached hydrogens (tertiary/aromatic N) is 2. The average Bonchev–Trinajstić information content (AvgIpc) is 2.83. The van der Waals surface area contributed by atoms with Gasteiger partial charge >= 0.3 is 0 Å². The number of carbonyl (C=O) groups excluding carboxylic acids is 1. The third kappa shape index (κ3) is 5.61. The van der Waals surface area contributed by atoms with E-state index in [1.165, 1.54) is 28.6 Å². The number of amides is 1. The van der Waals surface area contributed by atoms with Gasteiger partial charge in [0, 0.05) is 44.7 Å². The van der Waals surface area contributed by atoms with Gasteiger partial charge in [-0.15, -0.1) is 0 Å². The minimum atomic E-state index is -3.93. The highest BCUT2D eigenvalue weighted by Gasteiger charge is 2.34. The van der Waals surface area contributed by atoms with E-state index >= 15 is 0 Å². The van der Waals surface area contributed by atoms with Gasteiger partial charge in [-0.2, -0.15) is 4.31 Å². The van der Waals surface area contributed by atoms with Gasteiger partial charge in [0.25, 0.3) is 0 Å². The van der Waals surface area contributed by atoms with E-state index in [1.54, 1.807) is 6.07 Å². The molecule has 2 aliphatic rings. The van der Waals surface area contributed by atoms with Crippen LogP contribution >= 0.6 is 0 Å². The molecule has 34 heavy (non-hydrogen) atoms. The Labute approximate surface area is 197 Å². The highest BCUT2D eigenvalue weighted by atomic mass is 32.2. The van der Waals surface area contributed by atoms with Gasteiger partial charge in [-0.3, -0.25) is 9.69 Å². The number of hydrogen-bond donors (Lipinski definition) is 1. The molecule has 10 heteroatoms. The fourth-order valence-corrected chi connectivity index (χ4v) is 6.14. The molecule has 0 aliphatic carbocycles. The maximum atomic E-state index is 14.0. The fraction of sp³-hybridized carbons (Fsp3) is 0.458. The molecule has 0 radical (unpaired) electrons. The molecule has 2 aliphatic heterocycles. The van der Waals surface area contributed by atoms with Crippen LogP contribution in [0.2, 0.25) is 0 Å². The van der Waals surface area contributed by atoms with Crippen LogP contribution in [-0.2, 0) is 21.4 Å². The first-order valence-electron chi connectivity index (χ1n) is 11.5. The molecule has 0 saturated carbocycles. The zero-order valence-corrected chi connectivity index (χ0v) is 19.5. The Morgan fingerprint density at radius 2 is 1.56 bits per heavy atom. The molecule has 4 rings (SSSR count). The number of nitrogens with one attached hydrogen (secondary N) is 1. The summed E-state index contributed by atoms with van der Waals surface area (Å²) in [5.41, 5.74) is 0.707. The summed E-state index contributed by atoms with van der Waals surface area (Å²) in [6, 6.07) is 9.24. The molecule has 1 N–H and O–H groups in total. The molecule has 0 spiro atoms. The van der Waals surface area contributed by atoms with Crippen LogP contribution in [0.1, 0.15) is 31.2 Å². The van der Waals surface area contributed by atoms with E-state index in [1.807, 2.05) is 0 Å². The van der Waals surface area contributed by atoms with Crippen molar-refractivity contribution in [3.05, 3.63) is 65.5 Å². The quantitative estimate of drug-likeness (QED) is 0.668. The molecular weight excluding hydrogens is 467 g/mol. The van der Waals surface area contributed by atoms with Gasteiger partial charge < -0.3 is 5.32 Å². The normalized spacial score (nSPS) is 19.3. The molecule has 0 aromatic heterocycles. The SMILES string of the molecule is O=C(NC1CCN(Cc2ccc(F)c(F)c2)CC1)C1CCN(S(=O)(=O)c2ccccc2F)CC1. The second kappa shape index (κ2) is 10.5. The first-order chi connectivity index (χ1) is 16.2. The Morgan fingerprint density at radius 3 is 2.21 bits per heavy atom. The number of rotatable bonds is 6. The first-order valence-corrected chi connectivity index (χ1v) is 12.9. The Kier molecular flexibility index (Phi) is 7.59. The minimum absolute atomic E-state index is 0.0221. The van der Waals surface area contributed by atoms with Crippen molar-refractivity contribution in [1.29, 1.82) is 0 Å². The zero-order valence-electron chi connectivity index (χ0n) is 18.7. The van der Waals surface area contributed by atoms with Gasteiger partial charge in [-0.25, -0.2) is 21.6 Å². The number of likely N-dealkylation sites (tertiary alicyclic amines) is 1. The average molecular weight is 496 g/mol. The van der Waals surface area contributed by atoms with Gasteiger partial charge in [0.15, 0.2) is 11.6 Å². The summed E-state index contributed by atoms with van der Waals surface area (Å²) in [7, 11) is -3.93. The van der Waals surface area contributed by atoms with Crippen LogP contribution < -0.4 is 5.32 Å². The van der Waals surface area contributed by atoms with Crippen molar-refractivity contribution in [2.75, 3.05) is 26.2 Å². The fourth-order valence-electron chi connectivity index (χ4n) is 4.60. The molecule has 2 aromatic rings. The summed E-state index contributed by atoms with van der Waals surface area (Å²) in [5, 5.41) is 3.08. The molecule has 2 saturated heterocycles. The molecule has 2 heterocycles. The van der Waals surface area contributed by atoms with Crippen LogP contribution in [0.5, 0.6) is 0 Å². The number of hydrogen-bond acceptors (Lipinski definition) is 4. The topological polar surface area (TPSA) is 69.7 Å². The van der Waals surface area contributed by atoms with Crippen LogP contribution in [-0.4, -0.2) is 55.8 Å². The van der Waals surface area contributed by atoms with Gasteiger partial charge in [0.2, 0.25) is 15.9 Å². The molecule has 0 bridgehead atoms. The maximum absolute atomic E-state index is 14.0. The number of halogens is 3. The molecular formula is C24H28F3N3O3S. The largest absolute Gasteiger partial charge is 0.353 e. The van der Waals surface area contributed by atoms with Crippen LogP contribution in [0.3, 0.4) is 0 Å². The van der Waals surface area contributed by atoms with Crippen LogP contribution in [0.15, 0.2) is 47.4 Å². The van der Waals surface area contributed by atoms with Crippen LogP contribution in [0.4, 0.5) is 13.2 Å². The summed E-state index contributed by atoms with van der Waals surface area (Å²) in [6.07, 6.45) is 2.26. The molecule has 6 nitrogen and oxygen atoms in total. The number of carbonyl (C=O) groups is 1. The van der Waals surface area contributed by atoms with Gasteiger partial charge in [-0.05, 0) is 55.5 Å². The lowest BCUT2D eigenvalue weighted by Crippen LogP contribution is -2.48. The van der Waals surface area contributed by atoms with E-state index in [0.717, 1.165) is 38.1 Å². The van der Waals surface area contributed by atoms with Crippen LogP contribution in [0, 0.1) is 23.4 Å². The van der Waals surface area contributed by atoms with E-state index < -0.39 is 27.5 Å². The van der Waals surface area contributed by atoms with Crippen molar-refractivity contribution in [3.8, 4) is 0 Å². The Hall–Kier alpha value is -2.43. The van der Waals surface area contributed by atoms with Crippen molar-refractivity contribution < 1.29 is 26.4 Å². The number of sulfonamides is 1. The predicted molar refractivity (Wildman–Crippen MR) is 121 cm³/mol. The molecule has 0 atom stereocenters. The third-order valence-electron chi connectivity index (χ3n) is 6.60. The van der Waals surface area contributed by atoms with Crippen molar-refractivity contribution in [2.45, 2.75) is 43.2 Å². The maximum Gasteiger partial charge on any atom is 0.245 e. The van der Waals surface area contributed by atoms with E-state index in [2.05, 4.69) is 10.2 Å². The van der Waals surface area contributed by atoms with Crippen molar-refractivity contribution >= 4 is 15.9 Å². The van der Waals surface area contributed by atoms with Crippen LogP contribution in [0.25, 0.3) is 0 Å². The summed E-state index contributed by atoms with van der Waals surface area (Å²) in [6.45, 7) is 2.31. The monoisotopic (exact) mass is 495 g/mol. The lowest BCUT2D eigenvalue weighted by Gasteiger charge is -2.34. The highest BCUT2D eigenvalue weighted by molar-refractivity contribution is 7.89. The lowest BCUT2D eigenvalue weighted by atomic mass is 9.95. The Balaban J connectivity index is 1.23. The molecule has 0 unspecified atom stereocenters. The predicted octanol–water partition coefficient (Wildman–Crippen LogP) is 3.29. The summed E-state index contributed by atoms with van der Waals surface area (Å²) in [5.74, 6) is -2.86. The third-order valence-corrected chi connectivity index (χ3v) is 8.54.